The second-order valence-corrected chi connectivity index (χ2v) is 7.30. The van der Waals surface area contributed by atoms with Gasteiger partial charge in [-0.25, -0.2) is 4.79 Å². The van der Waals surface area contributed by atoms with Gasteiger partial charge in [-0.1, -0.05) is 6.07 Å². The van der Waals surface area contributed by atoms with Crippen LogP contribution in [0, 0.1) is 5.92 Å². The van der Waals surface area contributed by atoms with Gasteiger partial charge in [0.25, 0.3) is 0 Å². The molecule has 2 aliphatic heterocycles. The van der Waals surface area contributed by atoms with E-state index in [1.165, 1.54) is 18.4 Å². The van der Waals surface area contributed by atoms with E-state index < -0.39 is 5.97 Å². The monoisotopic (exact) mass is 329 g/mol. The third kappa shape index (κ3) is 3.05. The lowest BCUT2D eigenvalue weighted by Gasteiger charge is -2.36. The summed E-state index contributed by atoms with van der Waals surface area (Å²) in [6, 6.07) is 5.86. The van der Waals surface area contributed by atoms with Crippen molar-refractivity contribution in [2.75, 3.05) is 26.3 Å². The molecule has 1 aromatic carbocycles. The number of nitrogens with zero attached hydrogens (tertiary/aromatic N) is 1. The van der Waals surface area contributed by atoms with Gasteiger partial charge in [0, 0.05) is 13.1 Å². The van der Waals surface area contributed by atoms with Crippen LogP contribution in [-0.2, 0) is 9.53 Å². The van der Waals surface area contributed by atoms with Crippen molar-refractivity contribution in [3.8, 4) is 0 Å². The third-order valence-electron chi connectivity index (χ3n) is 5.54. The molecule has 1 N–H and O–H groups in total. The molecule has 24 heavy (non-hydrogen) atoms. The van der Waals surface area contributed by atoms with E-state index in [0.29, 0.717) is 30.6 Å². The second kappa shape index (κ2) is 6.20. The van der Waals surface area contributed by atoms with Crippen LogP contribution in [0.25, 0.3) is 0 Å². The molecule has 4 rings (SSSR count). The summed E-state index contributed by atoms with van der Waals surface area (Å²) in [5.74, 6) is 0.319. The third-order valence-corrected chi connectivity index (χ3v) is 5.54. The van der Waals surface area contributed by atoms with Crippen LogP contribution in [0.3, 0.4) is 0 Å². The van der Waals surface area contributed by atoms with Gasteiger partial charge < -0.3 is 14.7 Å². The summed E-state index contributed by atoms with van der Waals surface area (Å²) in [7, 11) is 0. The molecule has 2 heterocycles. The van der Waals surface area contributed by atoms with Crippen LogP contribution in [0.4, 0.5) is 0 Å². The van der Waals surface area contributed by atoms with Crippen LogP contribution in [0.2, 0.25) is 0 Å². The molecular formula is C19H23NO4. The zero-order chi connectivity index (χ0) is 16.7. The van der Waals surface area contributed by atoms with Crippen molar-refractivity contribution in [2.45, 2.75) is 37.5 Å². The van der Waals surface area contributed by atoms with Crippen LogP contribution >= 0.6 is 0 Å². The fraction of sp³-hybridized carbons (Fsp3) is 0.579. The summed E-state index contributed by atoms with van der Waals surface area (Å²) in [6.07, 6.45) is 4.15. The number of rotatable bonds is 4. The number of hydrogen-bond acceptors (Lipinski definition) is 3. The highest BCUT2D eigenvalue weighted by Crippen LogP contribution is 2.42. The molecule has 128 valence electrons. The van der Waals surface area contributed by atoms with Crippen molar-refractivity contribution in [3.63, 3.8) is 0 Å². The van der Waals surface area contributed by atoms with Crippen molar-refractivity contribution < 1.29 is 19.4 Å². The maximum absolute atomic E-state index is 12.3. The summed E-state index contributed by atoms with van der Waals surface area (Å²) in [5, 5.41) is 9.38. The highest BCUT2D eigenvalue weighted by Gasteiger charge is 2.33. The largest absolute Gasteiger partial charge is 0.478 e. The van der Waals surface area contributed by atoms with E-state index in [1.807, 2.05) is 17.0 Å². The first-order chi connectivity index (χ1) is 11.6. The molecule has 5 heteroatoms. The molecular weight excluding hydrogens is 306 g/mol. The molecule has 0 aromatic heterocycles. The van der Waals surface area contributed by atoms with E-state index in [-0.39, 0.29) is 11.8 Å². The van der Waals surface area contributed by atoms with E-state index in [0.717, 1.165) is 31.5 Å². The lowest BCUT2D eigenvalue weighted by atomic mass is 9.86. The Bertz CT molecular complexity index is 655. The Labute approximate surface area is 141 Å². The number of carboxylic acids is 1. The molecule has 0 atom stereocenters. The zero-order valence-corrected chi connectivity index (χ0v) is 13.7. The van der Waals surface area contributed by atoms with E-state index in [9.17, 15) is 14.7 Å². The number of carboxylic acid groups (broad SMARTS) is 1. The molecule has 0 radical (unpaired) electrons. The standard InChI is InChI=1S/C19H23NO4/c21-18(17-10-24-11-17)20-5-3-13(4-6-20)15-7-14(12-1-2-12)8-16(9-15)19(22)23/h7-9,12-13,17H,1-6,10-11H2,(H,22,23). The van der Waals surface area contributed by atoms with Crippen molar-refractivity contribution in [3.05, 3.63) is 34.9 Å². The highest BCUT2D eigenvalue weighted by atomic mass is 16.5. The van der Waals surface area contributed by atoms with Crippen LogP contribution in [0.1, 0.15) is 59.0 Å². The molecule has 0 unspecified atom stereocenters. The number of likely N-dealkylation sites (tertiary alicyclic amines) is 1. The van der Waals surface area contributed by atoms with Gasteiger partial charge in [-0.15, -0.1) is 0 Å². The Morgan fingerprint density at radius 3 is 2.00 bits per heavy atom. The van der Waals surface area contributed by atoms with Gasteiger partial charge >= 0.3 is 5.97 Å². The smallest absolute Gasteiger partial charge is 0.335 e. The minimum absolute atomic E-state index is 0.0540. The Morgan fingerprint density at radius 2 is 1.54 bits per heavy atom. The highest BCUT2D eigenvalue weighted by molar-refractivity contribution is 5.88. The van der Waals surface area contributed by atoms with Gasteiger partial charge in [0.15, 0.2) is 0 Å². The Morgan fingerprint density at radius 1 is 0.958 bits per heavy atom. The molecule has 1 amide bonds. The van der Waals surface area contributed by atoms with Crippen LogP contribution in [0.15, 0.2) is 18.2 Å². The molecule has 1 aromatic rings. The number of ether oxygens (including phenoxy) is 1. The van der Waals surface area contributed by atoms with Crippen molar-refractivity contribution in [1.82, 2.24) is 4.90 Å². The van der Waals surface area contributed by atoms with Gasteiger partial charge in [-0.3, -0.25) is 4.79 Å². The lowest BCUT2D eigenvalue weighted by Crippen LogP contribution is -2.47. The summed E-state index contributed by atoms with van der Waals surface area (Å²) in [6.45, 7) is 2.64. The van der Waals surface area contributed by atoms with Gasteiger partial charge in [0.2, 0.25) is 5.91 Å². The van der Waals surface area contributed by atoms with E-state index in [2.05, 4.69) is 6.07 Å². The molecule has 3 aliphatic rings. The number of hydrogen-bond donors (Lipinski definition) is 1. The van der Waals surface area contributed by atoms with Crippen molar-refractivity contribution in [1.29, 1.82) is 0 Å². The molecule has 5 nitrogen and oxygen atoms in total. The van der Waals surface area contributed by atoms with Crippen LogP contribution in [0.5, 0.6) is 0 Å². The van der Waals surface area contributed by atoms with Crippen LogP contribution < -0.4 is 0 Å². The maximum Gasteiger partial charge on any atom is 0.335 e. The van der Waals surface area contributed by atoms with Gasteiger partial charge in [0.1, 0.15) is 0 Å². The van der Waals surface area contributed by atoms with Crippen molar-refractivity contribution >= 4 is 11.9 Å². The average Bonchev–Trinajstić information content (AvgIpc) is 3.38. The maximum atomic E-state index is 12.3. The van der Waals surface area contributed by atoms with Gasteiger partial charge in [-0.05, 0) is 60.8 Å². The Balaban J connectivity index is 1.46. The fourth-order valence-corrected chi connectivity index (χ4v) is 3.76. The SMILES string of the molecule is O=C(O)c1cc(C2CC2)cc(C2CCN(C(=O)C3COC3)CC2)c1. The molecule has 0 spiro atoms. The topological polar surface area (TPSA) is 66.8 Å². The van der Waals surface area contributed by atoms with E-state index >= 15 is 0 Å². The molecule has 1 aliphatic carbocycles. The number of carbonyl (C=O) groups is 2. The molecule has 1 saturated carbocycles. The van der Waals surface area contributed by atoms with E-state index in [4.69, 9.17) is 4.74 Å². The normalized spacial score (nSPS) is 22.2. The second-order valence-electron chi connectivity index (χ2n) is 7.30. The quantitative estimate of drug-likeness (QED) is 0.922. The van der Waals surface area contributed by atoms with Gasteiger partial charge in [0.05, 0.1) is 24.7 Å². The summed E-state index contributed by atoms with van der Waals surface area (Å²) in [5.41, 5.74) is 2.71. The lowest BCUT2D eigenvalue weighted by molar-refractivity contribution is -0.150. The van der Waals surface area contributed by atoms with E-state index in [1.54, 1.807) is 0 Å². The Kier molecular flexibility index (Phi) is 4.04. The average molecular weight is 329 g/mol. The number of amides is 1. The summed E-state index contributed by atoms with van der Waals surface area (Å²) in [4.78, 5) is 25.7. The molecule has 2 saturated heterocycles. The number of benzene rings is 1. The minimum atomic E-state index is -0.851. The van der Waals surface area contributed by atoms with Gasteiger partial charge in [-0.2, -0.15) is 0 Å². The molecule has 3 fully saturated rings. The number of aromatic carboxylic acids is 1. The molecule has 0 bridgehead atoms. The fourth-order valence-electron chi connectivity index (χ4n) is 3.76. The van der Waals surface area contributed by atoms with Crippen LogP contribution in [-0.4, -0.2) is 48.2 Å². The zero-order valence-electron chi connectivity index (χ0n) is 13.7. The van der Waals surface area contributed by atoms with Crippen molar-refractivity contribution in [2.24, 2.45) is 5.92 Å². The first kappa shape index (κ1) is 15.6. The summed E-state index contributed by atoms with van der Waals surface area (Å²) >= 11 is 0. The summed E-state index contributed by atoms with van der Waals surface area (Å²) < 4.78 is 5.11. The minimum Gasteiger partial charge on any atom is -0.478 e. The number of piperidine rings is 1. The predicted molar refractivity (Wildman–Crippen MR) is 88.2 cm³/mol. The Hall–Kier alpha value is -1.88. The number of carbonyl (C=O) groups excluding carboxylic acids is 1. The predicted octanol–water partition coefficient (Wildman–Crippen LogP) is 2.61. The first-order valence-corrected chi connectivity index (χ1v) is 8.86. The first-order valence-electron chi connectivity index (χ1n) is 8.86.